The summed E-state index contributed by atoms with van der Waals surface area (Å²) in [6.45, 7) is 3.96. The molecule has 1 atom stereocenters. The molecule has 16 heavy (non-hydrogen) atoms. The fourth-order valence-electron chi connectivity index (χ4n) is 2.01. The molecule has 1 unspecified atom stereocenters. The summed E-state index contributed by atoms with van der Waals surface area (Å²) in [5.74, 6) is -0.964. The number of aliphatic carboxylic acids is 1. The van der Waals surface area contributed by atoms with Crippen molar-refractivity contribution in [3.8, 4) is 0 Å². The molecule has 0 saturated carbocycles. The van der Waals surface area contributed by atoms with Crippen LogP contribution >= 0.6 is 0 Å². The van der Waals surface area contributed by atoms with Gasteiger partial charge >= 0.3 is 5.97 Å². The van der Waals surface area contributed by atoms with Gasteiger partial charge in [-0.05, 0) is 26.3 Å². The summed E-state index contributed by atoms with van der Waals surface area (Å²) in [6.07, 6.45) is 1.68. The summed E-state index contributed by atoms with van der Waals surface area (Å²) in [6, 6.07) is 0. The van der Waals surface area contributed by atoms with Gasteiger partial charge in [0.05, 0.1) is 5.92 Å². The molecule has 1 aliphatic heterocycles. The van der Waals surface area contributed by atoms with Gasteiger partial charge in [0.15, 0.2) is 0 Å². The molecule has 2 rings (SSSR count). The van der Waals surface area contributed by atoms with Crippen LogP contribution in [0.15, 0.2) is 4.63 Å². The fourth-order valence-corrected chi connectivity index (χ4v) is 2.01. The molecule has 0 spiro atoms. The maximum absolute atomic E-state index is 10.9. The Labute approximate surface area is 93.2 Å². The first-order valence-corrected chi connectivity index (χ1v) is 5.40. The van der Waals surface area contributed by atoms with Gasteiger partial charge in [-0.15, -0.1) is 0 Å². The van der Waals surface area contributed by atoms with E-state index in [9.17, 15) is 4.79 Å². The van der Waals surface area contributed by atoms with Crippen LogP contribution in [0.1, 0.15) is 24.2 Å². The SMILES string of the molecule is Cc1nonc1CN1CCCC(C(=O)O)C1. The Morgan fingerprint density at radius 3 is 3.06 bits per heavy atom. The van der Waals surface area contributed by atoms with Gasteiger partial charge in [0.1, 0.15) is 11.4 Å². The van der Waals surface area contributed by atoms with Gasteiger partial charge in [-0.2, -0.15) is 0 Å². The second kappa shape index (κ2) is 4.61. The van der Waals surface area contributed by atoms with Crippen LogP contribution in [0.25, 0.3) is 0 Å². The first kappa shape index (κ1) is 11.1. The van der Waals surface area contributed by atoms with Gasteiger partial charge < -0.3 is 5.11 Å². The van der Waals surface area contributed by atoms with Crippen molar-refractivity contribution < 1.29 is 14.5 Å². The predicted octanol–water partition coefficient (Wildman–Crippen LogP) is 0.675. The molecule has 0 aliphatic carbocycles. The topological polar surface area (TPSA) is 79.5 Å². The molecule has 0 radical (unpaired) electrons. The number of carbonyl (C=O) groups is 1. The molecule has 0 aromatic carbocycles. The van der Waals surface area contributed by atoms with Crippen molar-refractivity contribution in [2.24, 2.45) is 5.92 Å². The molecule has 6 nitrogen and oxygen atoms in total. The molecule has 0 amide bonds. The maximum atomic E-state index is 10.9. The summed E-state index contributed by atoms with van der Waals surface area (Å²) in [5.41, 5.74) is 1.57. The van der Waals surface area contributed by atoms with E-state index < -0.39 is 5.97 Å². The average molecular weight is 225 g/mol. The lowest BCUT2D eigenvalue weighted by Crippen LogP contribution is -2.38. The van der Waals surface area contributed by atoms with Crippen LogP contribution in [0.5, 0.6) is 0 Å². The van der Waals surface area contributed by atoms with Crippen LogP contribution in [-0.2, 0) is 11.3 Å². The van der Waals surface area contributed by atoms with Gasteiger partial charge in [-0.25, -0.2) is 4.63 Å². The fraction of sp³-hybridized carbons (Fsp3) is 0.700. The highest BCUT2D eigenvalue weighted by atomic mass is 16.6. The highest BCUT2D eigenvalue weighted by molar-refractivity contribution is 5.70. The number of piperidine rings is 1. The van der Waals surface area contributed by atoms with Crippen molar-refractivity contribution in [2.45, 2.75) is 26.3 Å². The number of carboxylic acids is 1. The summed E-state index contributed by atoms with van der Waals surface area (Å²) < 4.78 is 4.62. The second-order valence-corrected chi connectivity index (χ2v) is 4.21. The lowest BCUT2D eigenvalue weighted by molar-refractivity contribution is -0.143. The van der Waals surface area contributed by atoms with Crippen LogP contribution in [-0.4, -0.2) is 39.4 Å². The van der Waals surface area contributed by atoms with Gasteiger partial charge in [-0.1, -0.05) is 10.3 Å². The standard InChI is InChI=1S/C10H15N3O3/c1-7-9(12-16-11-7)6-13-4-2-3-8(5-13)10(14)15/h8H,2-6H2,1H3,(H,14,15). The lowest BCUT2D eigenvalue weighted by Gasteiger charge is -2.29. The number of aromatic nitrogens is 2. The second-order valence-electron chi connectivity index (χ2n) is 4.21. The van der Waals surface area contributed by atoms with E-state index in [-0.39, 0.29) is 5.92 Å². The van der Waals surface area contributed by atoms with E-state index in [1.54, 1.807) is 0 Å². The summed E-state index contributed by atoms with van der Waals surface area (Å²) in [5, 5.41) is 16.5. The van der Waals surface area contributed by atoms with Crippen LogP contribution < -0.4 is 0 Å². The van der Waals surface area contributed by atoms with Crippen molar-refractivity contribution in [1.82, 2.24) is 15.2 Å². The molecule has 1 N–H and O–H groups in total. The monoisotopic (exact) mass is 225 g/mol. The molecule has 6 heteroatoms. The van der Waals surface area contributed by atoms with E-state index in [1.807, 2.05) is 6.92 Å². The van der Waals surface area contributed by atoms with E-state index in [1.165, 1.54) is 0 Å². The normalized spacial score (nSPS) is 22.2. The molecule has 1 aromatic heterocycles. The van der Waals surface area contributed by atoms with E-state index >= 15 is 0 Å². The first-order chi connectivity index (χ1) is 7.66. The third kappa shape index (κ3) is 2.38. The third-order valence-corrected chi connectivity index (χ3v) is 2.97. The smallest absolute Gasteiger partial charge is 0.307 e. The molecule has 1 aromatic rings. The molecule has 2 heterocycles. The van der Waals surface area contributed by atoms with Crippen molar-refractivity contribution in [1.29, 1.82) is 0 Å². The minimum absolute atomic E-state index is 0.256. The first-order valence-electron chi connectivity index (χ1n) is 5.40. The summed E-state index contributed by atoms with van der Waals surface area (Å²) in [7, 11) is 0. The predicted molar refractivity (Wildman–Crippen MR) is 54.7 cm³/mol. The van der Waals surface area contributed by atoms with Crippen molar-refractivity contribution in [3.05, 3.63) is 11.4 Å². The zero-order chi connectivity index (χ0) is 11.5. The highest BCUT2D eigenvalue weighted by Gasteiger charge is 2.26. The molecule has 1 saturated heterocycles. The van der Waals surface area contributed by atoms with Gasteiger partial charge in [0, 0.05) is 13.1 Å². The number of nitrogens with zero attached hydrogens (tertiary/aromatic N) is 3. The number of hydrogen-bond acceptors (Lipinski definition) is 5. The largest absolute Gasteiger partial charge is 0.481 e. The minimum atomic E-state index is -0.709. The van der Waals surface area contributed by atoms with E-state index in [2.05, 4.69) is 19.8 Å². The number of likely N-dealkylation sites (tertiary alicyclic amines) is 1. The van der Waals surface area contributed by atoms with Crippen LogP contribution in [0.4, 0.5) is 0 Å². The highest BCUT2D eigenvalue weighted by Crippen LogP contribution is 2.18. The molecule has 1 aliphatic rings. The number of carboxylic acid groups (broad SMARTS) is 1. The lowest BCUT2D eigenvalue weighted by atomic mass is 9.98. The Hall–Kier alpha value is -1.43. The average Bonchev–Trinajstić information content (AvgIpc) is 2.65. The van der Waals surface area contributed by atoms with Crippen LogP contribution in [0, 0.1) is 12.8 Å². The zero-order valence-electron chi connectivity index (χ0n) is 9.22. The Balaban J connectivity index is 1.95. The van der Waals surface area contributed by atoms with Gasteiger partial charge in [-0.3, -0.25) is 9.69 Å². The Morgan fingerprint density at radius 1 is 1.62 bits per heavy atom. The molecule has 0 bridgehead atoms. The number of rotatable bonds is 3. The minimum Gasteiger partial charge on any atom is -0.481 e. The Kier molecular flexibility index (Phi) is 3.19. The quantitative estimate of drug-likeness (QED) is 0.814. The Morgan fingerprint density at radius 2 is 2.44 bits per heavy atom. The number of hydrogen-bond donors (Lipinski definition) is 1. The molecule has 88 valence electrons. The van der Waals surface area contributed by atoms with Crippen LogP contribution in [0.3, 0.4) is 0 Å². The van der Waals surface area contributed by atoms with E-state index in [4.69, 9.17) is 5.11 Å². The van der Waals surface area contributed by atoms with E-state index in [0.29, 0.717) is 13.1 Å². The molecule has 1 fully saturated rings. The van der Waals surface area contributed by atoms with Crippen LogP contribution in [0.2, 0.25) is 0 Å². The van der Waals surface area contributed by atoms with Gasteiger partial charge in [0.25, 0.3) is 0 Å². The zero-order valence-corrected chi connectivity index (χ0v) is 9.22. The Bertz CT molecular complexity index is 377. The van der Waals surface area contributed by atoms with E-state index in [0.717, 1.165) is 30.8 Å². The molecular weight excluding hydrogens is 210 g/mol. The van der Waals surface area contributed by atoms with Crippen molar-refractivity contribution >= 4 is 5.97 Å². The van der Waals surface area contributed by atoms with Crippen molar-refractivity contribution in [3.63, 3.8) is 0 Å². The van der Waals surface area contributed by atoms with Crippen molar-refractivity contribution in [2.75, 3.05) is 13.1 Å². The summed E-state index contributed by atoms with van der Waals surface area (Å²) in [4.78, 5) is 13.0. The number of aryl methyl sites for hydroxylation is 1. The third-order valence-electron chi connectivity index (χ3n) is 2.97. The molecular formula is C10H15N3O3. The summed E-state index contributed by atoms with van der Waals surface area (Å²) >= 11 is 0. The van der Waals surface area contributed by atoms with Gasteiger partial charge in [0.2, 0.25) is 0 Å². The maximum Gasteiger partial charge on any atom is 0.307 e.